The Hall–Kier alpha value is -1.87. The molecule has 2 heterocycles. The number of rotatable bonds is 5. The van der Waals surface area contributed by atoms with Crippen LogP contribution in [0.2, 0.25) is 0 Å². The Bertz CT molecular complexity index is 787. The first-order valence-electron chi connectivity index (χ1n) is 8.85. The van der Waals surface area contributed by atoms with Gasteiger partial charge in [0, 0.05) is 31.7 Å². The van der Waals surface area contributed by atoms with Gasteiger partial charge in [0.05, 0.1) is 19.2 Å². The highest BCUT2D eigenvalue weighted by Gasteiger charge is 2.48. The van der Waals surface area contributed by atoms with E-state index in [0.717, 1.165) is 37.2 Å². The van der Waals surface area contributed by atoms with Crippen LogP contribution in [0.1, 0.15) is 18.7 Å². The first-order chi connectivity index (χ1) is 12.6. The quantitative estimate of drug-likeness (QED) is 0.772. The minimum atomic E-state index is -0.581. The SMILES string of the molecule is COc1ccc(-c2noc(CN3CCN(C(=O)C4(N)CC4)CC3)n2)cc1.Cl.Cl. The summed E-state index contributed by atoms with van der Waals surface area (Å²) in [6.07, 6.45) is 1.62. The number of ether oxygens (including phenoxy) is 1. The van der Waals surface area contributed by atoms with Crippen molar-refractivity contribution in [2.24, 2.45) is 5.73 Å². The standard InChI is InChI=1S/C18H23N5O3.2ClH/c1-25-14-4-2-13(3-5-14)16-20-15(26-21-16)12-22-8-10-23(11-9-22)17(24)18(19)6-7-18;;/h2-5H,6-12,19H2,1H3;2*1H. The largest absolute Gasteiger partial charge is 0.497 e. The maximum Gasteiger partial charge on any atom is 0.242 e. The zero-order valence-electron chi connectivity index (χ0n) is 15.7. The number of carbonyl (C=O) groups excluding carboxylic acids is 1. The number of hydrogen-bond donors (Lipinski definition) is 1. The second kappa shape index (κ2) is 9.09. The summed E-state index contributed by atoms with van der Waals surface area (Å²) in [5.41, 5.74) is 6.31. The molecule has 1 aromatic heterocycles. The lowest BCUT2D eigenvalue weighted by Crippen LogP contribution is -2.53. The Morgan fingerprint density at radius 1 is 1.18 bits per heavy atom. The number of amides is 1. The summed E-state index contributed by atoms with van der Waals surface area (Å²) in [6.45, 7) is 3.53. The summed E-state index contributed by atoms with van der Waals surface area (Å²) in [4.78, 5) is 20.8. The molecule has 2 N–H and O–H groups in total. The molecule has 0 atom stereocenters. The second-order valence-corrected chi connectivity index (χ2v) is 6.96. The molecule has 1 amide bonds. The zero-order valence-corrected chi connectivity index (χ0v) is 17.3. The van der Waals surface area contributed by atoms with Crippen LogP contribution >= 0.6 is 24.8 Å². The molecule has 154 valence electrons. The maximum absolute atomic E-state index is 12.3. The fourth-order valence-corrected chi connectivity index (χ4v) is 3.14. The Morgan fingerprint density at radius 2 is 1.82 bits per heavy atom. The van der Waals surface area contributed by atoms with Crippen LogP contribution in [-0.2, 0) is 11.3 Å². The van der Waals surface area contributed by atoms with Crippen molar-refractivity contribution in [1.29, 1.82) is 0 Å². The van der Waals surface area contributed by atoms with Crippen LogP contribution in [0.25, 0.3) is 11.4 Å². The molecule has 1 saturated carbocycles. The predicted octanol–water partition coefficient (Wildman–Crippen LogP) is 1.72. The van der Waals surface area contributed by atoms with Crippen LogP contribution in [0.5, 0.6) is 5.75 Å². The van der Waals surface area contributed by atoms with Crippen molar-refractivity contribution in [3.8, 4) is 17.1 Å². The van der Waals surface area contributed by atoms with E-state index in [4.69, 9.17) is 15.0 Å². The van der Waals surface area contributed by atoms with E-state index in [1.165, 1.54) is 0 Å². The normalized spacial score (nSPS) is 18.0. The van der Waals surface area contributed by atoms with Gasteiger partial charge in [0.15, 0.2) is 0 Å². The third-order valence-electron chi connectivity index (χ3n) is 5.05. The molecule has 1 aliphatic heterocycles. The van der Waals surface area contributed by atoms with E-state index in [1.807, 2.05) is 29.2 Å². The van der Waals surface area contributed by atoms with Gasteiger partial charge in [0.2, 0.25) is 17.6 Å². The van der Waals surface area contributed by atoms with Gasteiger partial charge >= 0.3 is 0 Å². The maximum atomic E-state index is 12.3. The van der Waals surface area contributed by atoms with E-state index in [9.17, 15) is 4.79 Å². The van der Waals surface area contributed by atoms with Crippen LogP contribution in [0.4, 0.5) is 0 Å². The average Bonchev–Trinajstić information content (AvgIpc) is 3.26. The first kappa shape index (κ1) is 22.4. The molecule has 1 saturated heterocycles. The highest BCUT2D eigenvalue weighted by atomic mass is 35.5. The highest BCUT2D eigenvalue weighted by Crippen LogP contribution is 2.34. The summed E-state index contributed by atoms with van der Waals surface area (Å²) in [6, 6.07) is 7.54. The summed E-state index contributed by atoms with van der Waals surface area (Å²) < 4.78 is 10.5. The lowest BCUT2D eigenvalue weighted by atomic mass is 10.2. The van der Waals surface area contributed by atoms with Crippen LogP contribution in [0, 0.1) is 0 Å². The van der Waals surface area contributed by atoms with Crippen molar-refractivity contribution in [3.05, 3.63) is 30.2 Å². The van der Waals surface area contributed by atoms with Gasteiger partial charge in [-0.05, 0) is 37.1 Å². The van der Waals surface area contributed by atoms with Crippen LogP contribution in [0.15, 0.2) is 28.8 Å². The van der Waals surface area contributed by atoms with E-state index in [1.54, 1.807) is 7.11 Å². The Morgan fingerprint density at radius 3 is 2.39 bits per heavy atom. The summed E-state index contributed by atoms with van der Waals surface area (Å²) in [5, 5.41) is 4.06. The Labute approximate surface area is 176 Å². The molecular formula is C18H25Cl2N5O3. The monoisotopic (exact) mass is 429 g/mol. The predicted molar refractivity (Wildman–Crippen MR) is 109 cm³/mol. The number of nitrogens with two attached hydrogens (primary N) is 1. The number of methoxy groups -OCH3 is 1. The van der Waals surface area contributed by atoms with Gasteiger partial charge < -0.3 is 19.9 Å². The molecule has 4 rings (SSSR count). The number of carbonyl (C=O) groups is 1. The van der Waals surface area contributed by atoms with Crippen LogP contribution < -0.4 is 10.5 Å². The number of benzene rings is 1. The number of halogens is 2. The molecular weight excluding hydrogens is 405 g/mol. The summed E-state index contributed by atoms with van der Waals surface area (Å²) in [7, 11) is 1.63. The number of piperazine rings is 1. The van der Waals surface area contributed by atoms with E-state index in [2.05, 4.69) is 15.0 Å². The van der Waals surface area contributed by atoms with Crippen LogP contribution in [-0.4, -0.2) is 64.7 Å². The fourth-order valence-electron chi connectivity index (χ4n) is 3.14. The van der Waals surface area contributed by atoms with E-state index in [-0.39, 0.29) is 30.7 Å². The molecule has 0 unspecified atom stereocenters. The van der Waals surface area contributed by atoms with Gasteiger partial charge in [-0.15, -0.1) is 24.8 Å². The van der Waals surface area contributed by atoms with E-state index >= 15 is 0 Å². The van der Waals surface area contributed by atoms with Gasteiger partial charge in [0.25, 0.3) is 0 Å². The molecule has 1 aliphatic carbocycles. The minimum absolute atomic E-state index is 0. The lowest BCUT2D eigenvalue weighted by Gasteiger charge is -2.35. The van der Waals surface area contributed by atoms with Crippen molar-refractivity contribution in [2.75, 3.05) is 33.3 Å². The zero-order chi connectivity index (χ0) is 18.1. The van der Waals surface area contributed by atoms with Crippen molar-refractivity contribution < 1.29 is 14.1 Å². The third-order valence-corrected chi connectivity index (χ3v) is 5.05. The molecule has 0 spiro atoms. The van der Waals surface area contributed by atoms with Gasteiger partial charge in [-0.2, -0.15) is 4.98 Å². The number of nitrogens with zero attached hydrogens (tertiary/aromatic N) is 4. The van der Waals surface area contributed by atoms with Crippen molar-refractivity contribution in [2.45, 2.75) is 24.9 Å². The molecule has 2 fully saturated rings. The molecule has 2 aliphatic rings. The van der Waals surface area contributed by atoms with Gasteiger partial charge in [0.1, 0.15) is 5.75 Å². The fraction of sp³-hybridized carbons (Fsp3) is 0.500. The summed E-state index contributed by atoms with van der Waals surface area (Å²) >= 11 is 0. The van der Waals surface area contributed by atoms with Crippen molar-refractivity contribution >= 4 is 30.7 Å². The van der Waals surface area contributed by atoms with Gasteiger partial charge in [-0.3, -0.25) is 9.69 Å². The second-order valence-electron chi connectivity index (χ2n) is 6.96. The van der Waals surface area contributed by atoms with Gasteiger partial charge in [-0.1, -0.05) is 5.16 Å². The molecule has 8 nitrogen and oxygen atoms in total. The molecule has 28 heavy (non-hydrogen) atoms. The smallest absolute Gasteiger partial charge is 0.242 e. The minimum Gasteiger partial charge on any atom is -0.497 e. The van der Waals surface area contributed by atoms with Crippen molar-refractivity contribution in [3.63, 3.8) is 0 Å². The van der Waals surface area contributed by atoms with Crippen LogP contribution in [0.3, 0.4) is 0 Å². The highest BCUT2D eigenvalue weighted by molar-refractivity contribution is 5.89. The Kier molecular flexibility index (Phi) is 7.28. The molecule has 2 aromatic rings. The number of hydrogen-bond acceptors (Lipinski definition) is 7. The van der Waals surface area contributed by atoms with E-state index < -0.39 is 5.54 Å². The topological polar surface area (TPSA) is 97.7 Å². The third kappa shape index (κ3) is 4.75. The van der Waals surface area contributed by atoms with E-state index in [0.29, 0.717) is 31.3 Å². The molecule has 0 bridgehead atoms. The number of aromatic nitrogens is 2. The first-order valence-corrected chi connectivity index (χ1v) is 8.85. The van der Waals surface area contributed by atoms with Crippen molar-refractivity contribution in [1.82, 2.24) is 19.9 Å². The molecule has 10 heteroatoms. The summed E-state index contributed by atoms with van der Waals surface area (Å²) in [5.74, 6) is 2.02. The van der Waals surface area contributed by atoms with Gasteiger partial charge in [-0.25, -0.2) is 0 Å². The average molecular weight is 430 g/mol. The molecule has 0 radical (unpaired) electrons. The lowest BCUT2D eigenvalue weighted by molar-refractivity contribution is -0.135. The Balaban J connectivity index is 0.00000140. The molecule has 1 aromatic carbocycles.